The third kappa shape index (κ3) is 3.76. The minimum atomic E-state index is -0.413. The van der Waals surface area contributed by atoms with Crippen LogP contribution >= 0.6 is 11.8 Å². The lowest BCUT2D eigenvalue weighted by Gasteiger charge is -2.11. The molecule has 0 amide bonds. The van der Waals surface area contributed by atoms with Gasteiger partial charge in [-0.25, -0.2) is 0 Å². The maximum Gasteiger partial charge on any atom is 0.122 e. The van der Waals surface area contributed by atoms with E-state index in [0.717, 1.165) is 29.2 Å². The van der Waals surface area contributed by atoms with Crippen LogP contribution < -0.4 is 4.74 Å². The fourth-order valence-corrected chi connectivity index (χ4v) is 1.58. The molecule has 0 spiro atoms. The minimum Gasteiger partial charge on any atom is -0.492 e. The van der Waals surface area contributed by atoms with E-state index in [0.29, 0.717) is 0 Å². The number of aryl methyl sites for hydroxylation is 1. The Bertz CT molecular complexity index is 310. The smallest absolute Gasteiger partial charge is 0.122 e. The Morgan fingerprint density at radius 1 is 1.47 bits per heavy atom. The molecule has 0 heterocycles. The van der Waals surface area contributed by atoms with Gasteiger partial charge in [-0.3, -0.25) is 0 Å². The zero-order valence-electron chi connectivity index (χ0n) is 9.49. The van der Waals surface area contributed by atoms with Gasteiger partial charge in [0, 0.05) is 5.75 Å². The predicted molar refractivity (Wildman–Crippen MR) is 65.7 cm³/mol. The van der Waals surface area contributed by atoms with Gasteiger partial charge >= 0.3 is 0 Å². The molecule has 0 aliphatic carbocycles. The van der Waals surface area contributed by atoms with Crippen molar-refractivity contribution in [2.75, 3.05) is 18.6 Å². The van der Waals surface area contributed by atoms with Gasteiger partial charge in [0.2, 0.25) is 0 Å². The van der Waals surface area contributed by atoms with Crippen LogP contribution in [0.3, 0.4) is 0 Å². The molecule has 1 rings (SSSR count). The Hall–Kier alpha value is -0.670. The van der Waals surface area contributed by atoms with Crippen LogP contribution in [0.15, 0.2) is 18.2 Å². The van der Waals surface area contributed by atoms with Crippen LogP contribution in [0.5, 0.6) is 5.75 Å². The molecule has 1 aromatic carbocycles. The molecular weight excluding hydrogens is 208 g/mol. The van der Waals surface area contributed by atoms with Crippen LogP contribution in [0.1, 0.15) is 24.2 Å². The lowest BCUT2D eigenvalue weighted by molar-refractivity contribution is 0.199. The van der Waals surface area contributed by atoms with E-state index >= 15 is 0 Å². The maximum atomic E-state index is 9.41. The molecule has 0 fully saturated rings. The van der Waals surface area contributed by atoms with Crippen LogP contribution in [0.4, 0.5) is 0 Å². The lowest BCUT2D eigenvalue weighted by Crippen LogP contribution is -2.02. The van der Waals surface area contributed by atoms with Crippen molar-refractivity contribution in [3.63, 3.8) is 0 Å². The van der Waals surface area contributed by atoms with E-state index < -0.39 is 6.10 Å². The zero-order chi connectivity index (χ0) is 11.3. The molecule has 1 aromatic rings. The molecule has 0 saturated heterocycles. The molecular formula is C12H18O2S. The van der Waals surface area contributed by atoms with Crippen molar-refractivity contribution in [2.45, 2.75) is 20.0 Å². The Labute approximate surface area is 95.7 Å². The molecule has 2 nitrogen and oxygen atoms in total. The summed E-state index contributed by atoms with van der Waals surface area (Å²) in [6, 6.07) is 5.81. The Morgan fingerprint density at radius 3 is 2.73 bits per heavy atom. The summed E-state index contributed by atoms with van der Waals surface area (Å²) in [4.78, 5) is 0. The Balaban J connectivity index is 2.66. The van der Waals surface area contributed by atoms with Crippen molar-refractivity contribution in [1.82, 2.24) is 0 Å². The highest BCUT2D eigenvalue weighted by molar-refractivity contribution is 7.98. The minimum absolute atomic E-state index is 0.413. The van der Waals surface area contributed by atoms with Gasteiger partial charge in [0.1, 0.15) is 5.75 Å². The highest BCUT2D eigenvalue weighted by Gasteiger charge is 2.04. The van der Waals surface area contributed by atoms with E-state index in [2.05, 4.69) is 6.26 Å². The number of benzene rings is 1. The second-order valence-electron chi connectivity index (χ2n) is 3.54. The molecule has 0 aliphatic heterocycles. The second kappa shape index (κ2) is 6.03. The summed E-state index contributed by atoms with van der Waals surface area (Å²) >= 11 is 1.77. The lowest BCUT2D eigenvalue weighted by atomic mass is 10.1. The van der Waals surface area contributed by atoms with Crippen LogP contribution in [-0.2, 0) is 0 Å². The summed E-state index contributed by atoms with van der Waals surface area (Å²) in [6.07, 6.45) is 1.65. The van der Waals surface area contributed by atoms with E-state index in [1.807, 2.05) is 25.1 Å². The molecule has 0 aliphatic rings. The fourth-order valence-electron chi connectivity index (χ4n) is 1.33. The summed E-state index contributed by atoms with van der Waals surface area (Å²) in [6.45, 7) is 4.50. The molecule has 0 radical (unpaired) electrons. The van der Waals surface area contributed by atoms with E-state index in [9.17, 15) is 5.11 Å². The van der Waals surface area contributed by atoms with Crippen LogP contribution in [0.2, 0.25) is 0 Å². The first-order valence-electron chi connectivity index (χ1n) is 5.05. The first-order valence-corrected chi connectivity index (χ1v) is 6.45. The van der Waals surface area contributed by atoms with Gasteiger partial charge < -0.3 is 9.84 Å². The molecule has 15 heavy (non-hydrogen) atoms. The third-order valence-corrected chi connectivity index (χ3v) is 2.80. The number of aliphatic hydroxyl groups is 1. The largest absolute Gasteiger partial charge is 0.492 e. The number of aliphatic hydroxyl groups excluding tert-OH is 1. The fraction of sp³-hybridized carbons (Fsp3) is 0.500. The maximum absolute atomic E-state index is 9.41. The van der Waals surface area contributed by atoms with Crippen molar-refractivity contribution in [1.29, 1.82) is 0 Å². The van der Waals surface area contributed by atoms with Gasteiger partial charge in [-0.15, -0.1) is 0 Å². The average Bonchev–Trinajstić information content (AvgIpc) is 2.20. The van der Waals surface area contributed by atoms with Crippen LogP contribution in [-0.4, -0.2) is 23.7 Å². The molecule has 0 bridgehead atoms. The number of hydrogen-bond acceptors (Lipinski definition) is 3. The molecule has 1 atom stereocenters. The highest BCUT2D eigenvalue weighted by atomic mass is 32.2. The van der Waals surface area contributed by atoms with Crippen molar-refractivity contribution in [2.24, 2.45) is 0 Å². The zero-order valence-corrected chi connectivity index (χ0v) is 10.3. The SMILES string of the molecule is CSCCOc1ccc([C@H](C)O)cc1C. The second-order valence-corrected chi connectivity index (χ2v) is 4.53. The van der Waals surface area contributed by atoms with E-state index in [-0.39, 0.29) is 0 Å². The summed E-state index contributed by atoms with van der Waals surface area (Å²) in [7, 11) is 0. The number of thioether (sulfide) groups is 1. The molecule has 84 valence electrons. The van der Waals surface area contributed by atoms with Crippen molar-refractivity contribution in [3.8, 4) is 5.75 Å². The highest BCUT2D eigenvalue weighted by Crippen LogP contribution is 2.22. The van der Waals surface area contributed by atoms with E-state index in [4.69, 9.17) is 4.74 Å². The summed E-state index contributed by atoms with van der Waals surface area (Å²) < 4.78 is 5.61. The van der Waals surface area contributed by atoms with Gasteiger partial charge in [-0.1, -0.05) is 6.07 Å². The Kier molecular flexibility index (Phi) is 4.99. The Morgan fingerprint density at radius 2 is 2.20 bits per heavy atom. The van der Waals surface area contributed by atoms with Crippen molar-refractivity contribution in [3.05, 3.63) is 29.3 Å². The van der Waals surface area contributed by atoms with Crippen LogP contribution in [0, 0.1) is 6.92 Å². The number of rotatable bonds is 5. The average molecular weight is 226 g/mol. The first kappa shape index (κ1) is 12.4. The van der Waals surface area contributed by atoms with E-state index in [1.54, 1.807) is 18.7 Å². The third-order valence-electron chi connectivity index (χ3n) is 2.23. The van der Waals surface area contributed by atoms with Gasteiger partial charge in [0.25, 0.3) is 0 Å². The van der Waals surface area contributed by atoms with E-state index in [1.165, 1.54) is 0 Å². The molecule has 0 unspecified atom stereocenters. The van der Waals surface area contributed by atoms with Crippen molar-refractivity contribution < 1.29 is 9.84 Å². The normalized spacial score (nSPS) is 12.5. The summed E-state index contributed by atoms with van der Waals surface area (Å²) in [5, 5.41) is 9.41. The molecule has 0 aromatic heterocycles. The topological polar surface area (TPSA) is 29.5 Å². The first-order chi connectivity index (χ1) is 7.15. The van der Waals surface area contributed by atoms with Crippen molar-refractivity contribution >= 4 is 11.8 Å². The number of hydrogen-bond donors (Lipinski definition) is 1. The molecule has 3 heteroatoms. The summed E-state index contributed by atoms with van der Waals surface area (Å²) in [5.74, 6) is 1.91. The van der Waals surface area contributed by atoms with Crippen LogP contribution in [0.25, 0.3) is 0 Å². The van der Waals surface area contributed by atoms with Gasteiger partial charge in [0.05, 0.1) is 12.7 Å². The predicted octanol–water partition coefficient (Wildman–Crippen LogP) is 2.79. The standard InChI is InChI=1S/C12H18O2S/c1-9-8-11(10(2)13)4-5-12(9)14-6-7-15-3/h4-5,8,10,13H,6-7H2,1-3H3/t10-/m0/s1. The molecule has 0 saturated carbocycles. The van der Waals surface area contributed by atoms with Gasteiger partial charge in [0.15, 0.2) is 0 Å². The monoisotopic (exact) mass is 226 g/mol. The summed E-state index contributed by atoms with van der Waals surface area (Å²) in [5.41, 5.74) is 2.01. The quantitative estimate of drug-likeness (QED) is 0.783. The van der Waals surface area contributed by atoms with Gasteiger partial charge in [-0.2, -0.15) is 11.8 Å². The number of ether oxygens (including phenoxy) is 1. The van der Waals surface area contributed by atoms with Gasteiger partial charge in [-0.05, 0) is 43.4 Å². The molecule has 1 N–H and O–H groups in total.